The van der Waals surface area contributed by atoms with Crippen molar-refractivity contribution >= 4 is 0 Å². The summed E-state index contributed by atoms with van der Waals surface area (Å²) in [7, 11) is 0. The van der Waals surface area contributed by atoms with Crippen molar-refractivity contribution in [3.63, 3.8) is 0 Å². The molecule has 0 radical (unpaired) electrons. The molecule has 0 bridgehead atoms. The maximum absolute atomic E-state index is 9.10. The van der Waals surface area contributed by atoms with Crippen LogP contribution in [0.5, 0.6) is 0 Å². The lowest BCUT2D eigenvalue weighted by molar-refractivity contribution is 0.0628. The lowest BCUT2D eigenvalue weighted by atomic mass is 9.97. The fourth-order valence-corrected chi connectivity index (χ4v) is 1.24. The number of rotatable bonds is 1. The Balaban J connectivity index is 2.55. The maximum atomic E-state index is 9.10. The molecule has 0 aliphatic carbocycles. The van der Waals surface area contributed by atoms with Crippen molar-refractivity contribution in [3.05, 3.63) is 0 Å². The van der Waals surface area contributed by atoms with Gasteiger partial charge in [0.1, 0.15) is 12.5 Å². The third-order valence-electron chi connectivity index (χ3n) is 2.13. The summed E-state index contributed by atoms with van der Waals surface area (Å²) in [4.78, 5) is 0. The van der Waals surface area contributed by atoms with Gasteiger partial charge in [-0.05, 0) is 0 Å². The minimum atomic E-state index is -0.769. The Morgan fingerprint density at radius 1 is 1.30 bits per heavy atom. The summed E-state index contributed by atoms with van der Waals surface area (Å²) >= 11 is 0. The van der Waals surface area contributed by atoms with Gasteiger partial charge in [-0.25, -0.2) is 0 Å². The first-order valence-electron chi connectivity index (χ1n) is 3.40. The summed E-state index contributed by atoms with van der Waals surface area (Å²) in [6.07, 6.45) is -1.46. The highest BCUT2D eigenvalue weighted by Gasteiger charge is 2.37. The highest BCUT2D eigenvalue weighted by Crippen LogP contribution is 2.23. The molecular weight excluding hydrogens is 134 g/mol. The minimum Gasteiger partial charge on any atom is -0.396 e. The highest BCUT2D eigenvalue weighted by atomic mass is 16.3. The van der Waals surface area contributed by atoms with E-state index in [1.165, 1.54) is 0 Å². The summed E-state index contributed by atoms with van der Waals surface area (Å²) in [5, 5.41) is 29.4. The van der Waals surface area contributed by atoms with Crippen molar-refractivity contribution in [1.29, 1.82) is 0 Å². The Morgan fingerprint density at radius 3 is 2.10 bits per heavy atom. The molecule has 4 nitrogen and oxygen atoms in total. The minimum absolute atomic E-state index is 0.0833. The summed E-state index contributed by atoms with van der Waals surface area (Å²) in [6.45, 7) is 1.70. The number of aliphatic hydroxyl groups is 3. The number of hydrogen-bond donors (Lipinski definition) is 4. The monoisotopic (exact) mass is 147 g/mol. The third kappa shape index (κ3) is 1.15. The van der Waals surface area contributed by atoms with Crippen molar-refractivity contribution in [1.82, 2.24) is 5.32 Å². The van der Waals surface area contributed by atoms with Crippen molar-refractivity contribution in [2.24, 2.45) is 11.8 Å². The molecule has 10 heavy (non-hydrogen) atoms. The second-order valence-electron chi connectivity index (χ2n) is 2.76. The van der Waals surface area contributed by atoms with Crippen LogP contribution in [-0.2, 0) is 0 Å². The van der Waals surface area contributed by atoms with Crippen LogP contribution >= 0.6 is 0 Å². The van der Waals surface area contributed by atoms with E-state index in [1.807, 2.05) is 0 Å². The molecule has 60 valence electrons. The van der Waals surface area contributed by atoms with Crippen LogP contribution < -0.4 is 5.32 Å². The van der Waals surface area contributed by atoms with Crippen molar-refractivity contribution in [2.75, 3.05) is 6.61 Å². The van der Waals surface area contributed by atoms with E-state index in [2.05, 4.69) is 5.32 Å². The quantitative estimate of drug-likeness (QED) is 0.363. The standard InChI is InChI=1S/C6H13NO3/c1-3-4(2-8)6(10)7-5(3)9/h3-10H,2H2,1H3/t3-,4+,5+,6-/m1/s1. The third-order valence-corrected chi connectivity index (χ3v) is 2.13. The smallest absolute Gasteiger partial charge is 0.112 e. The molecule has 1 heterocycles. The van der Waals surface area contributed by atoms with E-state index in [-0.39, 0.29) is 18.4 Å². The molecule has 0 spiro atoms. The second-order valence-corrected chi connectivity index (χ2v) is 2.76. The SMILES string of the molecule is C[C@@H]1[C@H](CO)[C@@H](O)N[C@H]1O. The van der Waals surface area contributed by atoms with Gasteiger partial charge in [-0.15, -0.1) is 0 Å². The molecule has 1 aliphatic rings. The van der Waals surface area contributed by atoms with Gasteiger partial charge in [0, 0.05) is 11.8 Å². The Bertz CT molecular complexity index is 120. The number of nitrogens with one attached hydrogen (secondary N) is 1. The Kier molecular flexibility index (Phi) is 2.25. The Morgan fingerprint density at radius 2 is 1.90 bits per heavy atom. The van der Waals surface area contributed by atoms with Crippen LogP contribution in [0.3, 0.4) is 0 Å². The first-order chi connectivity index (χ1) is 4.66. The molecule has 4 atom stereocenters. The molecular formula is C6H13NO3. The predicted octanol–water partition coefficient (Wildman–Crippen LogP) is -1.53. The molecule has 1 aliphatic heterocycles. The van der Waals surface area contributed by atoms with Gasteiger partial charge in [0.25, 0.3) is 0 Å². The Labute approximate surface area is 59.5 Å². The van der Waals surface area contributed by atoms with Gasteiger partial charge in [0.2, 0.25) is 0 Å². The number of hydrogen-bond acceptors (Lipinski definition) is 4. The molecule has 0 saturated carbocycles. The average molecular weight is 147 g/mol. The van der Waals surface area contributed by atoms with E-state index in [0.717, 1.165) is 0 Å². The van der Waals surface area contributed by atoms with Gasteiger partial charge in [0.15, 0.2) is 0 Å². The molecule has 4 N–H and O–H groups in total. The van der Waals surface area contributed by atoms with Gasteiger partial charge in [-0.1, -0.05) is 6.92 Å². The lowest BCUT2D eigenvalue weighted by Crippen LogP contribution is -2.31. The van der Waals surface area contributed by atoms with E-state index < -0.39 is 12.5 Å². The van der Waals surface area contributed by atoms with Crippen molar-refractivity contribution in [3.8, 4) is 0 Å². The molecule has 1 rings (SSSR count). The largest absolute Gasteiger partial charge is 0.396 e. The molecule has 1 saturated heterocycles. The van der Waals surface area contributed by atoms with Crippen molar-refractivity contribution < 1.29 is 15.3 Å². The molecule has 0 unspecified atom stereocenters. The van der Waals surface area contributed by atoms with E-state index >= 15 is 0 Å². The van der Waals surface area contributed by atoms with E-state index in [9.17, 15) is 0 Å². The van der Waals surface area contributed by atoms with Crippen LogP contribution in [0.4, 0.5) is 0 Å². The molecule has 1 fully saturated rings. The van der Waals surface area contributed by atoms with Crippen LogP contribution in [0, 0.1) is 11.8 Å². The van der Waals surface area contributed by atoms with Crippen LogP contribution in [0.25, 0.3) is 0 Å². The van der Waals surface area contributed by atoms with E-state index in [0.29, 0.717) is 0 Å². The lowest BCUT2D eigenvalue weighted by Gasteiger charge is -2.13. The summed E-state index contributed by atoms with van der Waals surface area (Å²) in [5.41, 5.74) is 0. The van der Waals surface area contributed by atoms with Crippen molar-refractivity contribution in [2.45, 2.75) is 19.4 Å². The normalized spacial score (nSPS) is 48.0. The second kappa shape index (κ2) is 2.84. The van der Waals surface area contributed by atoms with Crippen LogP contribution in [0.15, 0.2) is 0 Å². The van der Waals surface area contributed by atoms with Gasteiger partial charge >= 0.3 is 0 Å². The summed E-state index contributed by atoms with van der Waals surface area (Å²) in [6, 6.07) is 0. The zero-order valence-corrected chi connectivity index (χ0v) is 5.86. The van der Waals surface area contributed by atoms with Crippen LogP contribution in [-0.4, -0.2) is 34.4 Å². The van der Waals surface area contributed by atoms with Crippen LogP contribution in [0.2, 0.25) is 0 Å². The summed E-state index contributed by atoms with van der Waals surface area (Å²) < 4.78 is 0. The van der Waals surface area contributed by atoms with E-state index in [1.54, 1.807) is 6.92 Å². The van der Waals surface area contributed by atoms with Gasteiger partial charge in [-0.3, -0.25) is 5.32 Å². The first kappa shape index (κ1) is 7.94. The summed E-state index contributed by atoms with van der Waals surface area (Å²) in [5.74, 6) is -0.324. The first-order valence-corrected chi connectivity index (χ1v) is 3.40. The van der Waals surface area contributed by atoms with Gasteiger partial charge in [0.05, 0.1) is 6.61 Å². The molecule has 0 aromatic carbocycles. The average Bonchev–Trinajstić information content (AvgIpc) is 2.09. The molecule has 0 aromatic heterocycles. The van der Waals surface area contributed by atoms with Crippen LogP contribution in [0.1, 0.15) is 6.92 Å². The Hall–Kier alpha value is -0.160. The fourth-order valence-electron chi connectivity index (χ4n) is 1.24. The zero-order chi connectivity index (χ0) is 7.72. The molecule has 0 aromatic rings. The molecule has 0 amide bonds. The zero-order valence-electron chi connectivity index (χ0n) is 5.86. The predicted molar refractivity (Wildman–Crippen MR) is 34.9 cm³/mol. The van der Waals surface area contributed by atoms with Gasteiger partial charge < -0.3 is 15.3 Å². The molecule has 4 heteroatoms. The number of aliphatic hydroxyl groups excluding tert-OH is 3. The van der Waals surface area contributed by atoms with E-state index in [4.69, 9.17) is 15.3 Å². The fraction of sp³-hybridized carbons (Fsp3) is 1.00. The maximum Gasteiger partial charge on any atom is 0.112 e. The van der Waals surface area contributed by atoms with Gasteiger partial charge in [-0.2, -0.15) is 0 Å². The highest BCUT2D eigenvalue weighted by molar-refractivity contribution is 4.84. The topological polar surface area (TPSA) is 72.7 Å².